The third-order valence-electron chi connectivity index (χ3n) is 5.43. The van der Waals surface area contributed by atoms with Crippen molar-refractivity contribution in [1.29, 1.82) is 0 Å². The number of hydrogen-bond acceptors (Lipinski definition) is 5. The number of nitrogens with one attached hydrogen (secondary N) is 1. The molecule has 1 heterocycles. The van der Waals surface area contributed by atoms with Crippen molar-refractivity contribution in [3.63, 3.8) is 0 Å². The number of nitrogens with zero attached hydrogens (tertiary/aromatic N) is 2. The molecule has 1 saturated carbocycles. The summed E-state index contributed by atoms with van der Waals surface area (Å²) < 4.78 is 6.25. The molecule has 1 aliphatic heterocycles. The number of anilines is 1. The average Bonchev–Trinajstić information content (AvgIpc) is 3.49. The van der Waals surface area contributed by atoms with E-state index in [1.165, 1.54) is 0 Å². The molecule has 1 fully saturated rings. The highest BCUT2D eigenvalue weighted by atomic mass is 16.5. The predicted octanol–water partition coefficient (Wildman–Crippen LogP) is 1.82. The molecule has 2 aliphatic rings. The maximum absolute atomic E-state index is 13.3. The third-order valence-corrected chi connectivity index (χ3v) is 5.43. The summed E-state index contributed by atoms with van der Waals surface area (Å²) in [5.41, 5.74) is 1.02. The lowest BCUT2D eigenvalue weighted by molar-refractivity contribution is -0.117. The number of rotatable bonds is 6. The van der Waals surface area contributed by atoms with Gasteiger partial charge >= 0.3 is 0 Å². The fourth-order valence-electron chi connectivity index (χ4n) is 3.47. The molecule has 0 aromatic heterocycles. The number of carbonyl (C=O) groups excluding carboxylic acids is 2. The number of amides is 2. The molecule has 3 atom stereocenters. The van der Waals surface area contributed by atoms with Gasteiger partial charge in [-0.3, -0.25) is 9.59 Å². The molecule has 0 radical (unpaired) electrons. The van der Waals surface area contributed by atoms with Crippen molar-refractivity contribution < 1.29 is 19.4 Å². The standard InChI is InChI=1S/C21H31N3O4/c1-13-10-24(14(2)12-25)21(27)17-9-16(22-20(26)15-5-6-15)7-8-18(17)28-19(13)11-23(3)4/h7-9,13-15,19,25H,5-6,10-12H2,1-4H3,(H,22,26)/t13-,14-,19-/m0/s1. The molecule has 28 heavy (non-hydrogen) atoms. The minimum atomic E-state index is -0.300. The molecule has 7 nitrogen and oxygen atoms in total. The van der Waals surface area contributed by atoms with Gasteiger partial charge in [0.1, 0.15) is 11.9 Å². The summed E-state index contributed by atoms with van der Waals surface area (Å²) in [6.45, 7) is 5.01. The predicted molar refractivity (Wildman–Crippen MR) is 108 cm³/mol. The average molecular weight is 389 g/mol. The molecule has 0 unspecified atom stereocenters. The summed E-state index contributed by atoms with van der Waals surface area (Å²) in [6, 6.07) is 4.94. The van der Waals surface area contributed by atoms with Crippen LogP contribution < -0.4 is 10.1 Å². The van der Waals surface area contributed by atoms with E-state index in [2.05, 4.69) is 17.1 Å². The van der Waals surface area contributed by atoms with Gasteiger partial charge in [0.05, 0.1) is 18.2 Å². The van der Waals surface area contributed by atoms with Crippen LogP contribution in [0, 0.1) is 11.8 Å². The lowest BCUT2D eigenvalue weighted by Gasteiger charge is -2.37. The van der Waals surface area contributed by atoms with Crippen molar-refractivity contribution in [3.8, 4) is 5.75 Å². The molecule has 1 aliphatic carbocycles. The summed E-state index contributed by atoms with van der Waals surface area (Å²) in [7, 11) is 3.98. The van der Waals surface area contributed by atoms with Crippen LogP contribution >= 0.6 is 0 Å². The second kappa shape index (κ2) is 8.49. The van der Waals surface area contributed by atoms with Crippen molar-refractivity contribution in [3.05, 3.63) is 23.8 Å². The van der Waals surface area contributed by atoms with E-state index in [0.29, 0.717) is 23.5 Å². The summed E-state index contributed by atoms with van der Waals surface area (Å²) in [5, 5.41) is 12.6. The van der Waals surface area contributed by atoms with Crippen LogP contribution in [0.4, 0.5) is 5.69 Å². The van der Waals surface area contributed by atoms with Gasteiger partial charge in [0.25, 0.3) is 5.91 Å². The van der Waals surface area contributed by atoms with Crippen LogP contribution in [-0.4, -0.2) is 72.7 Å². The zero-order chi connectivity index (χ0) is 20.4. The van der Waals surface area contributed by atoms with Gasteiger partial charge in [-0.1, -0.05) is 6.92 Å². The topological polar surface area (TPSA) is 82.1 Å². The molecule has 2 N–H and O–H groups in total. The molecular weight excluding hydrogens is 358 g/mol. The Balaban J connectivity index is 1.95. The van der Waals surface area contributed by atoms with E-state index in [4.69, 9.17) is 4.74 Å². The summed E-state index contributed by atoms with van der Waals surface area (Å²) in [4.78, 5) is 29.1. The van der Waals surface area contributed by atoms with E-state index in [-0.39, 0.29) is 42.4 Å². The highest BCUT2D eigenvalue weighted by Gasteiger charge is 2.34. The van der Waals surface area contributed by atoms with Crippen LogP contribution in [0.5, 0.6) is 5.75 Å². The second-order valence-electron chi connectivity index (χ2n) is 8.36. The van der Waals surface area contributed by atoms with Crippen LogP contribution in [0.2, 0.25) is 0 Å². The van der Waals surface area contributed by atoms with E-state index in [1.54, 1.807) is 23.1 Å². The number of benzene rings is 1. The Kier molecular flexibility index (Phi) is 6.25. The Hall–Kier alpha value is -2.12. The van der Waals surface area contributed by atoms with Crippen molar-refractivity contribution >= 4 is 17.5 Å². The van der Waals surface area contributed by atoms with Crippen LogP contribution in [0.3, 0.4) is 0 Å². The second-order valence-corrected chi connectivity index (χ2v) is 8.36. The smallest absolute Gasteiger partial charge is 0.258 e. The Morgan fingerprint density at radius 1 is 1.39 bits per heavy atom. The van der Waals surface area contributed by atoms with E-state index in [9.17, 15) is 14.7 Å². The first-order valence-electron chi connectivity index (χ1n) is 9.98. The lowest BCUT2D eigenvalue weighted by Crippen LogP contribution is -2.49. The Bertz CT molecular complexity index is 732. The highest BCUT2D eigenvalue weighted by molar-refractivity contribution is 6.00. The molecule has 0 bridgehead atoms. The molecule has 7 heteroatoms. The largest absolute Gasteiger partial charge is 0.488 e. The molecule has 2 amide bonds. The van der Waals surface area contributed by atoms with Crippen LogP contribution in [0.15, 0.2) is 18.2 Å². The lowest BCUT2D eigenvalue weighted by atomic mass is 9.99. The number of carbonyl (C=O) groups is 2. The minimum absolute atomic E-state index is 0.00106. The molecular formula is C21H31N3O4. The molecule has 0 spiro atoms. The number of aliphatic hydroxyl groups is 1. The van der Waals surface area contributed by atoms with Gasteiger partial charge in [-0.05, 0) is 52.1 Å². The Morgan fingerprint density at radius 2 is 2.11 bits per heavy atom. The van der Waals surface area contributed by atoms with Gasteiger partial charge in [-0.15, -0.1) is 0 Å². The Morgan fingerprint density at radius 3 is 2.71 bits per heavy atom. The zero-order valence-electron chi connectivity index (χ0n) is 17.1. The fourth-order valence-corrected chi connectivity index (χ4v) is 3.47. The fraction of sp³-hybridized carbons (Fsp3) is 0.619. The number of likely N-dealkylation sites (N-methyl/N-ethyl adjacent to an activating group) is 1. The molecule has 1 aromatic rings. The normalized spacial score (nSPS) is 23.5. The quantitative estimate of drug-likeness (QED) is 0.776. The molecule has 0 saturated heterocycles. The molecule has 1 aromatic carbocycles. The van der Waals surface area contributed by atoms with Crippen LogP contribution in [0.25, 0.3) is 0 Å². The third kappa shape index (κ3) is 4.64. The summed E-state index contributed by atoms with van der Waals surface area (Å²) in [6.07, 6.45) is 1.75. The number of ether oxygens (including phenoxy) is 1. The first kappa shape index (κ1) is 20.6. The van der Waals surface area contributed by atoms with Crippen molar-refractivity contribution in [1.82, 2.24) is 9.80 Å². The SMILES string of the molecule is C[C@H]1CN([C@@H](C)CO)C(=O)c2cc(NC(=O)C3CC3)ccc2O[C@H]1CN(C)C. The van der Waals surface area contributed by atoms with Crippen LogP contribution in [-0.2, 0) is 4.79 Å². The van der Waals surface area contributed by atoms with Gasteiger partial charge in [0.15, 0.2) is 0 Å². The van der Waals surface area contributed by atoms with Crippen molar-refractivity contribution in [2.24, 2.45) is 11.8 Å². The van der Waals surface area contributed by atoms with Gasteiger partial charge in [0, 0.05) is 30.6 Å². The van der Waals surface area contributed by atoms with E-state index in [1.807, 2.05) is 21.0 Å². The monoisotopic (exact) mass is 389 g/mol. The first-order valence-corrected chi connectivity index (χ1v) is 9.98. The molecule has 3 rings (SSSR count). The maximum Gasteiger partial charge on any atom is 0.258 e. The maximum atomic E-state index is 13.3. The van der Waals surface area contributed by atoms with E-state index >= 15 is 0 Å². The van der Waals surface area contributed by atoms with Gasteiger partial charge in [-0.2, -0.15) is 0 Å². The number of hydrogen-bond donors (Lipinski definition) is 2. The minimum Gasteiger partial charge on any atom is -0.488 e. The van der Waals surface area contributed by atoms with Gasteiger partial charge in [0.2, 0.25) is 5.91 Å². The zero-order valence-corrected chi connectivity index (χ0v) is 17.1. The number of aliphatic hydroxyl groups excluding tert-OH is 1. The van der Waals surface area contributed by atoms with Crippen molar-refractivity contribution in [2.45, 2.75) is 38.8 Å². The number of fused-ring (bicyclic) bond motifs is 1. The van der Waals surface area contributed by atoms with Crippen molar-refractivity contribution in [2.75, 3.05) is 39.1 Å². The summed E-state index contributed by atoms with van der Waals surface area (Å²) >= 11 is 0. The molecule has 154 valence electrons. The Labute approximate surface area is 166 Å². The van der Waals surface area contributed by atoms with Gasteiger partial charge in [-0.25, -0.2) is 0 Å². The van der Waals surface area contributed by atoms with E-state index in [0.717, 1.165) is 19.4 Å². The summed E-state index contributed by atoms with van der Waals surface area (Å²) in [5.74, 6) is 0.518. The van der Waals surface area contributed by atoms with Gasteiger partial charge < -0.3 is 25.0 Å². The highest BCUT2D eigenvalue weighted by Crippen LogP contribution is 2.33. The van der Waals surface area contributed by atoms with Crippen LogP contribution in [0.1, 0.15) is 37.0 Å². The first-order chi connectivity index (χ1) is 13.3. The van der Waals surface area contributed by atoms with E-state index < -0.39 is 0 Å².